The molecule has 0 bridgehead atoms. The highest BCUT2D eigenvalue weighted by Gasteiger charge is 2.32. The molecule has 0 heterocycles. The normalized spacial score (nSPS) is 12.6. The number of ether oxygens (including phenoxy) is 2. The largest absolute Gasteiger partial charge is 0.546 e. The Labute approximate surface area is 232 Å². The Kier molecular flexibility index (Phi) is 17.8. The molecule has 2 aromatic rings. The maximum Gasteiger partial charge on any atom is 0.338 e. The van der Waals surface area contributed by atoms with E-state index in [1.54, 1.807) is 12.1 Å². The fourth-order valence-electron chi connectivity index (χ4n) is 2.53. The summed E-state index contributed by atoms with van der Waals surface area (Å²) < 4.78 is 9.32. The Hall–Kier alpha value is -4.78. The molecule has 214 valence electrons. The van der Waals surface area contributed by atoms with Crippen LogP contribution in [0.1, 0.15) is 60.2 Å². The van der Waals surface area contributed by atoms with Crippen LogP contribution in [0.3, 0.4) is 0 Å². The summed E-state index contributed by atoms with van der Waals surface area (Å²) in [5.74, 6) is -6.35. The van der Waals surface area contributed by atoms with Crippen molar-refractivity contribution < 1.29 is 50.3 Å². The molecule has 0 aliphatic heterocycles. The monoisotopic (exact) mass is 554 g/mol. The molecule has 0 aliphatic carbocycles. The lowest BCUT2D eigenvalue weighted by Crippen LogP contribution is -2.60. The molecule has 2 rings (SSSR count). The number of hydrogen-bond acceptors (Lipinski definition) is 10. The Bertz CT molecular complexity index is 1050. The predicted molar refractivity (Wildman–Crippen MR) is 136 cm³/mol. The zero-order chi connectivity index (χ0) is 30.5. The standard InChI is InChI=1S/C18H14O8.2C5H10N2/c19-15(20)13(25-17(23)11-7-3-1-4-8-11)14(16(21)22)26-18(24)12-9-5-2-6-10-12;2*1-2-5(7)3-4-6/h1-10,13-14H,(H,19,20)(H,21,22);2*5H,2-3,7H2,1H3/t13-,14-;2*5-/m111/s1. The third kappa shape index (κ3) is 14.2. The number of hydrogen-bond donors (Lipinski definition) is 2. The van der Waals surface area contributed by atoms with Crippen molar-refractivity contribution in [2.75, 3.05) is 0 Å². The highest BCUT2D eigenvalue weighted by molar-refractivity contribution is 5.94. The summed E-state index contributed by atoms with van der Waals surface area (Å²) >= 11 is 0. The van der Waals surface area contributed by atoms with Crippen molar-refractivity contribution in [3.05, 3.63) is 71.8 Å². The lowest BCUT2D eigenvalue weighted by molar-refractivity contribution is -0.419. The summed E-state index contributed by atoms with van der Waals surface area (Å²) in [7, 11) is 0. The quantitative estimate of drug-likeness (QED) is 0.314. The van der Waals surface area contributed by atoms with E-state index in [1.807, 2.05) is 13.8 Å². The molecule has 2 aromatic carbocycles. The van der Waals surface area contributed by atoms with Crippen LogP contribution < -0.4 is 21.7 Å². The molecule has 0 spiro atoms. The Balaban J connectivity index is 0.000000894. The van der Waals surface area contributed by atoms with E-state index in [0.29, 0.717) is 24.9 Å². The van der Waals surface area contributed by atoms with Crippen LogP contribution in [0.15, 0.2) is 60.7 Å². The van der Waals surface area contributed by atoms with Gasteiger partial charge < -0.3 is 40.7 Å². The van der Waals surface area contributed by atoms with E-state index in [-0.39, 0.29) is 11.1 Å². The van der Waals surface area contributed by atoms with Crippen LogP contribution in [0, 0.1) is 22.7 Å². The van der Waals surface area contributed by atoms with E-state index in [2.05, 4.69) is 33.1 Å². The topological polar surface area (TPSA) is 236 Å². The van der Waals surface area contributed by atoms with E-state index in [9.17, 15) is 29.4 Å². The van der Waals surface area contributed by atoms with Crippen LogP contribution in [0.2, 0.25) is 0 Å². The average Bonchev–Trinajstić information content (AvgIpc) is 2.96. The van der Waals surface area contributed by atoms with Gasteiger partial charge in [-0.05, 0) is 37.1 Å². The molecule has 0 radical (unpaired) electrons. The summed E-state index contributed by atoms with van der Waals surface area (Å²) in [5, 5.41) is 38.7. The van der Waals surface area contributed by atoms with Gasteiger partial charge in [-0.25, -0.2) is 9.59 Å². The highest BCUT2D eigenvalue weighted by Crippen LogP contribution is 2.12. The Morgan fingerprint density at radius 2 is 1.00 bits per heavy atom. The second-order valence-electron chi connectivity index (χ2n) is 8.29. The van der Waals surface area contributed by atoms with Crippen LogP contribution in [-0.4, -0.2) is 48.2 Å². The summed E-state index contributed by atoms with van der Waals surface area (Å²) in [6.07, 6.45) is -1.57. The summed E-state index contributed by atoms with van der Waals surface area (Å²) in [6, 6.07) is 19.3. The molecule has 0 aliphatic rings. The second-order valence-corrected chi connectivity index (χ2v) is 8.29. The molecule has 0 saturated heterocycles. The zero-order valence-electron chi connectivity index (χ0n) is 22.5. The van der Waals surface area contributed by atoms with Crippen LogP contribution in [0.4, 0.5) is 0 Å². The minimum absolute atomic E-state index is 0.0229. The number of carboxylic acid groups (broad SMARTS) is 2. The molecule has 0 saturated carbocycles. The highest BCUT2D eigenvalue weighted by atomic mass is 16.6. The van der Waals surface area contributed by atoms with Crippen molar-refractivity contribution >= 4 is 23.9 Å². The molecule has 40 heavy (non-hydrogen) atoms. The first-order chi connectivity index (χ1) is 19.0. The fraction of sp³-hybridized carbons (Fsp3) is 0.357. The molecular weight excluding hydrogens is 520 g/mol. The number of carbonyl (C=O) groups is 4. The van der Waals surface area contributed by atoms with Gasteiger partial charge in [-0.1, -0.05) is 50.2 Å². The van der Waals surface area contributed by atoms with Gasteiger partial charge in [0.2, 0.25) is 0 Å². The van der Waals surface area contributed by atoms with Crippen LogP contribution in [-0.2, 0) is 19.1 Å². The Morgan fingerprint density at radius 3 is 1.20 bits per heavy atom. The van der Waals surface area contributed by atoms with Gasteiger partial charge in [-0.15, -0.1) is 0 Å². The molecule has 12 nitrogen and oxygen atoms in total. The van der Waals surface area contributed by atoms with Crippen molar-refractivity contribution in [1.82, 2.24) is 0 Å². The summed E-state index contributed by atoms with van der Waals surface area (Å²) in [5.41, 5.74) is 7.40. The zero-order valence-corrected chi connectivity index (χ0v) is 22.5. The number of rotatable bonds is 11. The average molecular weight is 555 g/mol. The van der Waals surface area contributed by atoms with Crippen molar-refractivity contribution in [3.8, 4) is 12.1 Å². The molecule has 6 N–H and O–H groups in total. The van der Waals surface area contributed by atoms with Crippen LogP contribution in [0.5, 0.6) is 0 Å². The van der Waals surface area contributed by atoms with Gasteiger partial charge in [0.1, 0.15) is 0 Å². The molecule has 12 heteroatoms. The number of nitriles is 2. The van der Waals surface area contributed by atoms with E-state index >= 15 is 0 Å². The first kappa shape index (κ1) is 35.2. The third-order valence-corrected chi connectivity index (χ3v) is 5.14. The molecule has 0 aromatic heterocycles. The minimum Gasteiger partial charge on any atom is -0.546 e. The van der Waals surface area contributed by atoms with Gasteiger partial charge in [0.25, 0.3) is 0 Å². The van der Waals surface area contributed by atoms with Crippen LogP contribution in [0.25, 0.3) is 0 Å². The molecule has 4 atom stereocenters. The first-order valence-electron chi connectivity index (χ1n) is 12.4. The number of esters is 2. The fourth-order valence-corrected chi connectivity index (χ4v) is 2.53. The van der Waals surface area contributed by atoms with Gasteiger partial charge >= 0.3 is 11.9 Å². The first-order valence-corrected chi connectivity index (χ1v) is 12.4. The number of benzene rings is 2. The van der Waals surface area contributed by atoms with E-state index < -0.39 is 36.1 Å². The Morgan fingerprint density at radius 1 is 0.700 bits per heavy atom. The molecule has 0 unspecified atom stereocenters. The van der Waals surface area contributed by atoms with Gasteiger partial charge in [0, 0.05) is 0 Å². The van der Waals surface area contributed by atoms with E-state index in [4.69, 9.17) is 10.5 Å². The lowest BCUT2D eigenvalue weighted by Gasteiger charge is -2.28. The number of carboxylic acids is 2. The summed E-state index contributed by atoms with van der Waals surface area (Å²) in [6.45, 7) is 4.07. The van der Waals surface area contributed by atoms with Gasteiger partial charge in [-0.3, -0.25) is 0 Å². The third-order valence-electron chi connectivity index (χ3n) is 5.14. The van der Waals surface area contributed by atoms with Crippen molar-refractivity contribution in [3.63, 3.8) is 0 Å². The van der Waals surface area contributed by atoms with Crippen molar-refractivity contribution in [1.29, 1.82) is 10.5 Å². The smallest absolute Gasteiger partial charge is 0.338 e. The van der Waals surface area contributed by atoms with Gasteiger partial charge in [0.05, 0.1) is 60.1 Å². The number of nitrogens with zero attached hydrogens (tertiary/aromatic N) is 2. The van der Waals surface area contributed by atoms with Crippen LogP contribution >= 0.6 is 0 Å². The molecule has 0 amide bonds. The minimum atomic E-state index is -2.39. The lowest BCUT2D eigenvalue weighted by atomic mass is 10.1. The molecule has 0 fully saturated rings. The van der Waals surface area contributed by atoms with E-state index in [1.165, 1.54) is 48.5 Å². The second kappa shape index (κ2) is 20.2. The van der Waals surface area contributed by atoms with Gasteiger partial charge in [-0.2, -0.15) is 10.5 Å². The number of carbonyl (C=O) groups excluding carboxylic acids is 4. The maximum atomic E-state index is 12.0. The van der Waals surface area contributed by atoms with Crippen molar-refractivity contribution in [2.45, 2.75) is 63.8 Å². The number of aliphatic carboxylic acids is 2. The van der Waals surface area contributed by atoms with E-state index in [0.717, 1.165) is 12.8 Å². The maximum absolute atomic E-state index is 12.0. The number of quaternary nitrogens is 2. The predicted octanol–water partition coefficient (Wildman–Crippen LogP) is -1.22. The molecular formula is C28H34N4O8. The SMILES string of the molecule is CC[C@@H]([NH3+])CC#N.CC[C@@H]([NH3+])CC#N.O=C(O[C@@H](C(=O)[O-])[C@@H](OC(=O)c1ccccc1)C(=O)[O-])c1ccccc1. The summed E-state index contributed by atoms with van der Waals surface area (Å²) in [4.78, 5) is 46.5. The van der Waals surface area contributed by atoms with Crippen molar-refractivity contribution in [2.24, 2.45) is 0 Å². The van der Waals surface area contributed by atoms with Gasteiger partial charge in [0.15, 0.2) is 12.2 Å².